The van der Waals surface area contributed by atoms with E-state index in [1.807, 2.05) is 43.5 Å². The fourth-order valence-corrected chi connectivity index (χ4v) is 3.85. The molecule has 0 saturated heterocycles. The molecule has 23 heavy (non-hydrogen) atoms. The highest BCUT2D eigenvalue weighted by Crippen LogP contribution is 2.35. The van der Waals surface area contributed by atoms with Gasteiger partial charge in [0.05, 0.1) is 7.11 Å². The van der Waals surface area contributed by atoms with Gasteiger partial charge in [-0.15, -0.1) is 11.3 Å². The van der Waals surface area contributed by atoms with E-state index in [9.17, 15) is 9.59 Å². The molecule has 1 atom stereocenters. The molecule has 4 nitrogen and oxygen atoms in total. The second-order valence-corrected chi connectivity index (χ2v) is 6.77. The first kappa shape index (κ1) is 15.7. The van der Waals surface area contributed by atoms with Gasteiger partial charge in [-0.2, -0.15) is 0 Å². The molecular weight excluding hydrogens is 310 g/mol. The van der Waals surface area contributed by atoms with Gasteiger partial charge in [-0.05, 0) is 60.5 Å². The van der Waals surface area contributed by atoms with Crippen LogP contribution in [-0.2, 0) is 16.0 Å². The van der Waals surface area contributed by atoms with Gasteiger partial charge in [-0.25, -0.2) is 4.79 Å². The topological polar surface area (TPSA) is 46.6 Å². The first-order valence-electron chi connectivity index (χ1n) is 7.55. The van der Waals surface area contributed by atoms with Crippen LogP contribution in [0, 0.1) is 13.8 Å². The van der Waals surface area contributed by atoms with Crippen LogP contribution in [0.2, 0.25) is 0 Å². The number of hydrogen-bond acceptors (Lipinski definition) is 4. The van der Waals surface area contributed by atoms with E-state index in [-0.39, 0.29) is 11.9 Å². The molecule has 0 N–H and O–H groups in total. The van der Waals surface area contributed by atoms with Gasteiger partial charge in [0.2, 0.25) is 0 Å². The van der Waals surface area contributed by atoms with Gasteiger partial charge in [0, 0.05) is 17.0 Å². The van der Waals surface area contributed by atoms with Gasteiger partial charge in [0.25, 0.3) is 5.91 Å². The largest absolute Gasteiger partial charge is 0.467 e. The molecule has 1 aliphatic rings. The van der Waals surface area contributed by atoms with E-state index in [1.54, 1.807) is 16.2 Å². The number of methoxy groups -OCH3 is 1. The van der Waals surface area contributed by atoms with E-state index in [0.29, 0.717) is 12.1 Å². The van der Waals surface area contributed by atoms with E-state index in [4.69, 9.17) is 4.74 Å². The Bertz CT molecular complexity index is 765. The first-order valence-corrected chi connectivity index (χ1v) is 8.43. The highest BCUT2D eigenvalue weighted by molar-refractivity contribution is 7.10. The lowest BCUT2D eigenvalue weighted by Crippen LogP contribution is -2.43. The molecule has 0 aliphatic carbocycles. The summed E-state index contributed by atoms with van der Waals surface area (Å²) in [5.74, 6) is -0.512. The number of esters is 1. The smallest absolute Gasteiger partial charge is 0.333 e. The fraction of sp³-hybridized carbons (Fsp3) is 0.333. The SMILES string of the molecule is COC(=O)C1c2ccsc2CCN1C(=O)c1ccc(C)c(C)c1. The van der Waals surface area contributed by atoms with Gasteiger partial charge in [-0.3, -0.25) is 4.79 Å². The van der Waals surface area contributed by atoms with Crippen LogP contribution in [0.25, 0.3) is 0 Å². The van der Waals surface area contributed by atoms with Crippen molar-refractivity contribution in [2.24, 2.45) is 0 Å². The maximum atomic E-state index is 12.9. The van der Waals surface area contributed by atoms with Crippen molar-refractivity contribution in [2.75, 3.05) is 13.7 Å². The number of benzene rings is 1. The van der Waals surface area contributed by atoms with E-state index in [0.717, 1.165) is 28.0 Å². The van der Waals surface area contributed by atoms with Crippen molar-refractivity contribution in [3.05, 3.63) is 56.8 Å². The Kier molecular flexibility index (Phi) is 4.22. The van der Waals surface area contributed by atoms with Crippen molar-refractivity contribution in [1.29, 1.82) is 0 Å². The third-order valence-corrected chi connectivity index (χ3v) is 5.40. The summed E-state index contributed by atoms with van der Waals surface area (Å²) in [7, 11) is 1.36. The Morgan fingerprint density at radius 1 is 1.22 bits per heavy atom. The summed E-state index contributed by atoms with van der Waals surface area (Å²) in [4.78, 5) is 28.0. The molecule has 0 spiro atoms. The summed E-state index contributed by atoms with van der Waals surface area (Å²) in [5, 5.41) is 1.96. The molecule has 2 aromatic rings. The lowest BCUT2D eigenvalue weighted by molar-refractivity contribution is -0.146. The van der Waals surface area contributed by atoms with Crippen LogP contribution in [0.4, 0.5) is 0 Å². The van der Waals surface area contributed by atoms with Crippen molar-refractivity contribution >= 4 is 23.2 Å². The van der Waals surface area contributed by atoms with Crippen LogP contribution in [0.1, 0.15) is 38.0 Å². The predicted molar refractivity (Wildman–Crippen MR) is 89.7 cm³/mol. The minimum atomic E-state index is -0.649. The van der Waals surface area contributed by atoms with Crippen molar-refractivity contribution in [2.45, 2.75) is 26.3 Å². The Labute approximate surface area is 139 Å². The Balaban J connectivity index is 1.98. The average Bonchev–Trinajstić information content (AvgIpc) is 3.03. The molecule has 0 saturated carbocycles. The molecule has 1 unspecified atom stereocenters. The second kappa shape index (κ2) is 6.16. The number of carbonyl (C=O) groups excluding carboxylic acids is 2. The summed E-state index contributed by atoms with van der Waals surface area (Å²) < 4.78 is 4.95. The number of aryl methyl sites for hydroxylation is 2. The number of amides is 1. The van der Waals surface area contributed by atoms with Gasteiger partial charge >= 0.3 is 5.97 Å². The molecule has 0 fully saturated rings. The fourth-order valence-electron chi connectivity index (χ4n) is 2.94. The molecule has 2 heterocycles. The molecule has 0 bridgehead atoms. The Hall–Kier alpha value is -2.14. The van der Waals surface area contributed by atoms with E-state index in [1.165, 1.54) is 7.11 Å². The number of ether oxygens (including phenoxy) is 1. The van der Waals surface area contributed by atoms with Crippen LogP contribution in [0.3, 0.4) is 0 Å². The standard InChI is InChI=1S/C18H19NO3S/c1-11-4-5-13(10-12(11)2)17(20)19-8-6-15-14(7-9-23-15)16(19)18(21)22-3/h4-5,7,9-10,16H,6,8H2,1-3H3. The van der Waals surface area contributed by atoms with Crippen LogP contribution in [-0.4, -0.2) is 30.4 Å². The lowest BCUT2D eigenvalue weighted by atomic mass is 9.98. The second-order valence-electron chi connectivity index (χ2n) is 5.77. The van der Waals surface area contributed by atoms with Gasteiger partial charge < -0.3 is 9.64 Å². The highest BCUT2D eigenvalue weighted by atomic mass is 32.1. The average molecular weight is 329 g/mol. The van der Waals surface area contributed by atoms with Gasteiger partial charge in [0.1, 0.15) is 0 Å². The minimum absolute atomic E-state index is 0.125. The van der Waals surface area contributed by atoms with Crippen LogP contribution >= 0.6 is 11.3 Å². The summed E-state index contributed by atoms with van der Waals surface area (Å²) in [5.41, 5.74) is 3.72. The summed E-state index contributed by atoms with van der Waals surface area (Å²) >= 11 is 1.63. The summed E-state index contributed by atoms with van der Waals surface area (Å²) in [6.45, 7) is 4.52. The molecule has 1 aliphatic heterocycles. The van der Waals surface area contributed by atoms with Crippen LogP contribution in [0.5, 0.6) is 0 Å². The minimum Gasteiger partial charge on any atom is -0.467 e. The number of hydrogen-bond donors (Lipinski definition) is 0. The monoisotopic (exact) mass is 329 g/mol. The van der Waals surface area contributed by atoms with Crippen LogP contribution < -0.4 is 0 Å². The van der Waals surface area contributed by atoms with Crippen LogP contribution in [0.15, 0.2) is 29.6 Å². The van der Waals surface area contributed by atoms with Gasteiger partial charge in [0.15, 0.2) is 6.04 Å². The summed E-state index contributed by atoms with van der Waals surface area (Å²) in [6.07, 6.45) is 0.775. The number of nitrogens with zero attached hydrogens (tertiary/aromatic N) is 1. The number of fused-ring (bicyclic) bond motifs is 1. The van der Waals surface area contributed by atoms with Crippen molar-refractivity contribution < 1.29 is 14.3 Å². The first-order chi connectivity index (χ1) is 11.0. The zero-order valence-electron chi connectivity index (χ0n) is 13.5. The Morgan fingerprint density at radius 3 is 2.70 bits per heavy atom. The molecule has 5 heteroatoms. The van der Waals surface area contributed by atoms with Crippen molar-refractivity contribution in [3.63, 3.8) is 0 Å². The highest BCUT2D eigenvalue weighted by Gasteiger charge is 2.37. The van der Waals surface area contributed by atoms with Gasteiger partial charge in [-0.1, -0.05) is 6.07 Å². The predicted octanol–water partition coefficient (Wildman–Crippen LogP) is 3.28. The molecule has 0 radical (unpaired) electrons. The molecule has 1 aromatic carbocycles. The zero-order chi connectivity index (χ0) is 16.6. The van der Waals surface area contributed by atoms with Crippen molar-refractivity contribution in [3.8, 4) is 0 Å². The maximum absolute atomic E-state index is 12.9. The third kappa shape index (κ3) is 2.77. The Morgan fingerprint density at radius 2 is 2.00 bits per heavy atom. The lowest BCUT2D eigenvalue weighted by Gasteiger charge is -2.34. The van der Waals surface area contributed by atoms with E-state index in [2.05, 4.69) is 0 Å². The normalized spacial score (nSPS) is 16.8. The van der Waals surface area contributed by atoms with Crippen molar-refractivity contribution in [1.82, 2.24) is 4.90 Å². The maximum Gasteiger partial charge on any atom is 0.333 e. The number of rotatable bonds is 2. The number of carbonyl (C=O) groups is 2. The molecule has 1 aromatic heterocycles. The third-order valence-electron chi connectivity index (χ3n) is 4.41. The molecule has 120 valence electrons. The van der Waals surface area contributed by atoms with E-state index < -0.39 is 6.04 Å². The molecule has 3 rings (SSSR count). The zero-order valence-corrected chi connectivity index (χ0v) is 14.3. The summed E-state index contributed by atoms with van der Waals surface area (Å²) in [6, 6.07) is 6.91. The number of thiophene rings is 1. The quantitative estimate of drug-likeness (QED) is 0.795. The van der Waals surface area contributed by atoms with E-state index >= 15 is 0 Å². The molecular formula is C18H19NO3S. The molecule has 1 amide bonds.